The van der Waals surface area contributed by atoms with Gasteiger partial charge in [0.05, 0.1) is 0 Å². The Morgan fingerprint density at radius 2 is 2.20 bits per heavy atom. The zero-order valence-electron chi connectivity index (χ0n) is 8.56. The maximum absolute atomic E-state index is 10.6. The number of carboxylic acid groups (broad SMARTS) is 1. The molecule has 0 heterocycles. The van der Waals surface area contributed by atoms with Crippen LogP contribution in [-0.4, -0.2) is 29.9 Å². The van der Waals surface area contributed by atoms with Crippen molar-refractivity contribution in [3.8, 4) is 5.75 Å². The van der Waals surface area contributed by atoms with Crippen molar-refractivity contribution in [2.24, 2.45) is 0 Å². The van der Waals surface area contributed by atoms with Crippen LogP contribution in [0, 0.1) is 0 Å². The molecule has 1 aromatic carbocycles. The van der Waals surface area contributed by atoms with Gasteiger partial charge in [0.25, 0.3) is 0 Å². The number of hydrogen-bond donors (Lipinski definition) is 2. The van der Waals surface area contributed by atoms with E-state index in [0.29, 0.717) is 6.61 Å². The number of aryl methyl sites for hydroxylation is 1. The molecule has 0 bridgehead atoms. The first-order valence-electron chi connectivity index (χ1n) is 4.69. The predicted octanol–water partition coefficient (Wildman–Crippen LogP) is 1.67. The van der Waals surface area contributed by atoms with Gasteiger partial charge in [-0.25, -0.2) is 4.79 Å². The quantitative estimate of drug-likeness (QED) is 0.725. The summed E-state index contributed by atoms with van der Waals surface area (Å²) in [7, 11) is 1.63. The zero-order valence-corrected chi connectivity index (χ0v) is 8.56. The lowest BCUT2D eigenvalue weighted by atomic mass is 10.1. The topological polar surface area (TPSA) is 66.8 Å². The number of methoxy groups -OCH3 is 1. The summed E-state index contributed by atoms with van der Waals surface area (Å²) in [5.74, 6) is -1.30. The normalized spacial score (nSPS) is 10.2. The Balaban J connectivity index is 2.69. The molecule has 0 saturated carbocycles. The number of carboxylic acids is 1. The van der Waals surface area contributed by atoms with Crippen LogP contribution in [-0.2, 0) is 11.2 Å². The Hall–Kier alpha value is -1.55. The average Bonchev–Trinajstić information content (AvgIpc) is 2.17. The summed E-state index contributed by atoms with van der Waals surface area (Å²) in [5, 5.41) is 18.1. The first-order chi connectivity index (χ1) is 7.15. The molecule has 15 heavy (non-hydrogen) atoms. The van der Waals surface area contributed by atoms with Crippen LogP contribution in [0.4, 0.5) is 0 Å². The van der Waals surface area contributed by atoms with E-state index >= 15 is 0 Å². The van der Waals surface area contributed by atoms with E-state index in [1.54, 1.807) is 13.2 Å². The van der Waals surface area contributed by atoms with Crippen molar-refractivity contribution in [2.45, 2.75) is 12.8 Å². The van der Waals surface area contributed by atoms with Gasteiger partial charge in [-0.3, -0.25) is 0 Å². The molecule has 0 unspecified atom stereocenters. The van der Waals surface area contributed by atoms with E-state index in [2.05, 4.69) is 0 Å². The monoisotopic (exact) mass is 210 g/mol. The zero-order chi connectivity index (χ0) is 11.3. The number of aromatic carboxylic acids is 1. The highest BCUT2D eigenvalue weighted by atomic mass is 16.5. The van der Waals surface area contributed by atoms with Crippen LogP contribution >= 0.6 is 0 Å². The van der Waals surface area contributed by atoms with Crippen molar-refractivity contribution in [1.82, 2.24) is 0 Å². The smallest absolute Gasteiger partial charge is 0.339 e. The Morgan fingerprint density at radius 3 is 2.73 bits per heavy atom. The molecule has 0 spiro atoms. The lowest BCUT2D eigenvalue weighted by Crippen LogP contribution is -1.98. The van der Waals surface area contributed by atoms with E-state index in [1.165, 1.54) is 12.1 Å². The fourth-order valence-corrected chi connectivity index (χ4v) is 1.33. The molecule has 2 N–H and O–H groups in total. The third-order valence-electron chi connectivity index (χ3n) is 2.11. The molecule has 4 heteroatoms. The highest BCUT2D eigenvalue weighted by molar-refractivity contribution is 5.90. The van der Waals surface area contributed by atoms with Crippen molar-refractivity contribution < 1.29 is 19.7 Å². The first kappa shape index (κ1) is 11.5. The molecule has 0 aromatic heterocycles. The van der Waals surface area contributed by atoms with E-state index in [9.17, 15) is 9.90 Å². The molecule has 0 aliphatic rings. The highest BCUT2D eigenvalue weighted by Crippen LogP contribution is 2.19. The maximum atomic E-state index is 10.6. The van der Waals surface area contributed by atoms with Gasteiger partial charge in [-0.1, -0.05) is 6.07 Å². The summed E-state index contributed by atoms with van der Waals surface area (Å²) in [6, 6.07) is 4.61. The lowest BCUT2D eigenvalue weighted by Gasteiger charge is -2.04. The molecule has 0 fully saturated rings. The van der Waals surface area contributed by atoms with Gasteiger partial charge >= 0.3 is 5.97 Å². The molecule has 4 nitrogen and oxygen atoms in total. The summed E-state index contributed by atoms with van der Waals surface area (Å²) >= 11 is 0. The van der Waals surface area contributed by atoms with Gasteiger partial charge in [0.15, 0.2) is 0 Å². The third-order valence-corrected chi connectivity index (χ3v) is 2.11. The predicted molar refractivity (Wildman–Crippen MR) is 55.3 cm³/mol. The molecule has 0 atom stereocenters. The molecule has 1 rings (SSSR count). The lowest BCUT2D eigenvalue weighted by molar-refractivity contribution is 0.0693. The average molecular weight is 210 g/mol. The number of ether oxygens (including phenoxy) is 1. The van der Waals surface area contributed by atoms with Crippen molar-refractivity contribution >= 4 is 5.97 Å². The largest absolute Gasteiger partial charge is 0.507 e. The summed E-state index contributed by atoms with van der Waals surface area (Å²) in [4.78, 5) is 10.6. The van der Waals surface area contributed by atoms with Gasteiger partial charge in [-0.05, 0) is 30.5 Å². The summed E-state index contributed by atoms with van der Waals surface area (Å²) in [6.07, 6.45) is 1.61. The van der Waals surface area contributed by atoms with Crippen molar-refractivity contribution in [3.63, 3.8) is 0 Å². The number of hydrogen-bond acceptors (Lipinski definition) is 3. The van der Waals surface area contributed by atoms with Crippen LogP contribution < -0.4 is 0 Å². The van der Waals surface area contributed by atoms with Gasteiger partial charge in [0.1, 0.15) is 11.3 Å². The number of rotatable bonds is 5. The van der Waals surface area contributed by atoms with Crippen LogP contribution in [0.2, 0.25) is 0 Å². The molecule has 0 saturated heterocycles. The second-order valence-electron chi connectivity index (χ2n) is 3.25. The van der Waals surface area contributed by atoms with E-state index in [4.69, 9.17) is 9.84 Å². The van der Waals surface area contributed by atoms with Crippen LogP contribution in [0.25, 0.3) is 0 Å². The molecular formula is C11H14O4. The van der Waals surface area contributed by atoms with Crippen molar-refractivity contribution in [2.75, 3.05) is 13.7 Å². The molecule has 82 valence electrons. The number of benzene rings is 1. The minimum atomic E-state index is -1.11. The fourth-order valence-electron chi connectivity index (χ4n) is 1.33. The van der Waals surface area contributed by atoms with Gasteiger partial charge in [-0.2, -0.15) is 0 Å². The first-order valence-corrected chi connectivity index (χ1v) is 4.69. The molecular weight excluding hydrogens is 196 g/mol. The van der Waals surface area contributed by atoms with E-state index in [1.807, 2.05) is 0 Å². The second-order valence-corrected chi connectivity index (χ2v) is 3.25. The van der Waals surface area contributed by atoms with E-state index in [-0.39, 0.29) is 11.3 Å². The molecule has 0 amide bonds. The highest BCUT2D eigenvalue weighted by Gasteiger charge is 2.09. The van der Waals surface area contributed by atoms with Gasteiger partial charge in [0.2, 0.25) is 0 Å². The molecule has 1 aromatic rings. The Bertz CT molecular complexity index is 346. The van der Waals surface area contributed by atoms with Crippen molar-refractivity contribution in [3.05, 3.63) is 29.3 Å². The van der Waals surface area contributed by atoms with Gasteiger partial charge < -0.3 is 14.9 Å². The molecule has 0 aliphatic carbocycles. The number of aromatic hydroxyl groups is 1. The van der Waals surface area contributed by atoms with Crippen LogP contribution in [0.5, 0.6) is 5.75 Å². The number of carbonyl (C=O) groups is 1. The number of phenols is 1. The summed E-state index contributed by atoms with van der Waals surface area (Å²) in [6.45, 7) is 0.654. The van der Waals surface area contributed by atoms with Crippen LogP contribution in [0.15, 0.2) is 18.2 Å². The minimum absolute atomic E-state index is 0.0644. The SMILES string of the molecule is COCCCc1ccc(C(=O)O)c(O)c1. The second kappa shape index (κ2) is 5.36. The molecule has 0 aliphatic heterocycles. The Labute approximate surface area is 88.1 Å². The standard InChI is InChI=1S/C11H14O4/c1-15-6-2-3-8-4-5-9(11(13)14)10(12)7-8/h4-5,7,12H,2-3,6H2,1H3,(H,13,14). The van der Waals surface area contributed by atoms with Crippen molar-refractivity contribution in [1.29, 1.82) is 0 Å². The Morgan fingerprint density at radius 1 is 1.47 bits per heavy atom. The van der Waals surface area contributed by atoms with Crippen LogP contribution in [0.1, 0.15) is 22.3 Å². The summed E-state index contributed by atoms with van der Waals surface area (Å²) in [5.41, 5.74) is 0.847. The Kier molecular flexibility index (Phi) is 4.12. The van der Waals surface area contributed by atoms with Gasteiger partial charge in [0, 0.05) is 13.7 Å². The van der Waals surface area contributed by atoms with Gasteiger partial charge in [-0.15, -0.1) is 0 Å². The van der Waals surface area contributed by atoms with Crippen LogP contribution in [0.3, 0.4) is 0 Å². The third kappa shape index (κ3) is 3.25. The minimum Gasteiger partial charge on any atom is -0.507 e. The van der Waals surface area contributed by atoms with E-state index in [0.717, 1.165) is 18.4 Å². The maximum Gasteiger partial charge on any atom is 0.339 e. The fraction of sp³-hybridized carbons (Fsp3) is 0.364. The summed E-state index contributed by atoms with van der Waals surface area (Å²) < 4.78 is 4.90. The van der Waals surface area contributed by atoms with E-state index < -0.39 is 5.97 Å². The molecule has 0 radical (unpaired) electrons.